The fraction of sp³-hybridized carbons (Fsp3) is 0.200. The van der Waals surface area contributed by atoms with Crippen LogP contribution in [-0.2, 0) is 0 Å². The molecular weight excluding hydrogens is 302 g/mol. The summed E-state index contributed by atoms with van der Waals surface area (Å²) in [6.45, 7) is -0.104. The van der Waals surface area contributed by atoms with E-state index in [-0.39, 0.29) is 29.7 Å². The van der Waals surface area contributed by atoms with E-state index in [0.29, 0.717) is 6.42 Å². The van der Waals surface area contributed by atoms with E-state index in [4.69, 9.17) is 0 Å². The third-order valence-electron chi connectivity index (χ3n) is 3.34. The number of anilines is 1. The molecule has 2 aromatic carbocycles. The molecule has 0 aliphatic rings. The fourth-order valence-electron chi connectivity index (χ4n) is 2.23. The minimum atomic E-state index is -0.681. The van der Waals surface area contributed by atoms with Crippen LogP contribution >= 0.6 is 0 Å². The highest BCUT2D eigenvalue weighted by atomic mass is 16.6. The Balaban J connectivity index is 2.36. The van der Waals surface area contributed by atoms with Crippen molar-refractivity contribution in [1.82, 2.24) is 0 Å². The van der Waals surface area contributed by atoms with Crippen molar-refractivity contribution in [2.24, 2.45) is 0 Å². The molecule has 0 aliphatic heterocycles. The maximum absolute atomic E-state index is 11.2. The van der Waals surface area contributed by atoms with Crippen LogP contribution in [0.1, 0.15) is 18.0 Å². The zero-order valence-corrected chi connectivity index (χ0v) is 12.1. The van der Waals surface area contributed by atoms with Crippen molar-refractivity contribution in [2.45, 2.75) is 12.5 Å². The first-order valence-corrected chi connectivity index (χ1v) is 6.88. The predicted molar refractivity (Wildman–Crippen MR) is 84.3 cm³/mol. The Labute approximate surface area is 131 Å². The lowest BCUT2D eigenvalue weighted by Crippen LogP contribution is -2.13. The number of nitro groups is 2. The number of hydrogen-bond acceptors (Lipinski definition) is 6. The molecule has 0 fully saturated rings. The maximum atomic E-state index is 11.2. The van der Waals surface area contributed by atoms with Crippen molar-refractivity contribution in [3.8, 4) is 0 Å². The van der Waals surface area contributed by atoms with Crippen LogP contribution in [0, 0.1) is 20.2 Å². The Morgan fingerprint density at radius 2 is 1.74 bits per heavy atom. The van der Waals surface area contributed by atoms with Gasteiger partial charge in [0.25, 0.3) is 11.4 Å². The van der Waals surface area contributed by atoms with Crippen LogP contribution in [0.4, 0.5) is 17.1 Å². The SMILES string of the molecule is O=[N+]([O-])c1ccc(N[C@@H](CCO)c2ccccc2)c([N+](=O)[O-])c1. The van der Waals surface area contributed by atoms with Crippen molar-refractivity contribution < 1.29 is 15.0 Å². The molecule has 2 aromatic rings. The smallest absolute Gasteiger partial charge is 0.299 e. The third kappa shape index (κ3) is 4.01. The highest BCUT2D eigenvalue weighted by molar-refractivity contribution is 5.66. The quantitative estimate of drug-likeness (QED) is 0.598. The van der Waals surface area contributed by atoms with Crippen LogP contribution in [0.25, 0.3) is 0 Å². The molecule has 0 aromatic heterocycles. The van der Waals surface area contributed by atoms with E-state index in [1.807, 2.05) is 30.3 Å². The van der Waals surface area contributed by atoms with Crippen LogP contribution in [-0.4, -0.2) is 21.6 Å². The van der Waals surface area contributed by atoms with E-state index < -0.39 is 9.85 Å². The third-order valence-corrected chi connectivity index (χ3v) is 3.34. The highest BCUT2D eigenvalue weighted by Crippen LogP contribution is 2.32. The van der Waals surface area contributed by atoms with E-state index in [9.17, 15) is 25.3 Å². The van der Waals surface area contributed by atoms with Gasteiger partial charge in [-0.05, 0) is 18.1 Å². The first-order valence-electron chi connectivity index (χ1n) is 6.88. The zero-order valence-electron chi connectivity index (χ0n) is 12.1. The number of nitrogens with zero attached hydrogens (tertiary/aromatic N) is 2. The molecule has 0 heterocycles. The summed E-state index contributed by atoms with van der Waals surface area (Å²) in [7, 11) is 0. The van der Waals surface area contributed by atoms with Crippen LogP contribution in [0.5, 0.6) is 0 Å². The summed E-state index contributed by atoms with van der Waals surface area (Å²) in [5.41, 5.74) is 0.302. The normalized spacial score (nSPS) is 11.7. The molecule has 2 N–H and O–H groups in total. The second-order valence-electron chi connectivity index (χ2n) is 4.84. The monoisotopic (exact) mass is 317 g/mol. The van der Waals surface area contributed by atoms with Crippen molar-refractivity contribution in [3.05, 3.63) is 74.3 Å². The molecule has 0 radical (unpaired) electrons. The topological polar surface area (TPSA) is 119 Å². The number of nitro benzene ring substituents is 2. The van der Waals surface area contributed by atoms with Gasteiger partial charge in [0, 0.05) is 12.7 Å². The molecule has 0 aliphatic carbocycles. The first kappa shape index (κ1) is 16.4. The molecule has 0 amide bonds. The zero-order chi connectivity index (χ0) is 16.8. The number of non-ortho nitro benzene ring substituents is 1. The second kappa shape index (κ2) is 7.32. The van der Waals surface area contributed by atoms with Gasteiger partial charge in [0.1, 0.15) is 5.69 Å². The molecule has 0 saturated heterocycles. The van der Waals surface area contributed by atoms with Gasteiger partial charge in [-0.1, -0.05) is 30.3 Å². The van der Waals surface area contributed by atoms with E-state index >= 15 is 0 Å². The van der Waals surface area contributed by atoms with Gasteiger partial charge in [0.05, 0.1) is 22.0 Å². The molecule has 1 atom stereocenters. The molecule has 8 heteroatoms. The molecule has 2 rings (SSSR count). The molecule has 120 valence electrons. The predicted octanol–water partition coefficient (Wildman–Crippen LogP) is 3.04. The number of aliphatic hydroxyl groups is 1. The molecule has 0 unspecified atom stereocenters. The minimum Gasteiger partial charge on any atom is -0.396 e. The lowest BCUT2D eigenvalue weighted by Gasteiger charge is -2.19. The van der Waals surface area contributed by atoms with E-state index in [2.05, 4.69) is 5.32 Å². The highest BCUT2D eigenvalue weighted by Gasteiger charge is 2.22. The molecule has 0 saturated carbocycles. The number of aliphatic hydroxyl groups excluding tert-OH is 1. The van der Waals surface area contributed by atoms with Gasteiger partial charge in [-0.15, -0.1) is 0 Å². The average Bonchev–Trinajstić information content (AvgIpc) is 2.55. The van der Waals surface area contributed by atoms with Crippen molar-refractivity contribution in [3.63, 3.8) is 0 Å². The van der Waals surface area contributed by atoms with Crippen LogP contribution < -0.4 is 5.32 Å². The summed E-state index contributed by atoms with van der Waals surface area (Å²) in [5.74, 6) is 0. The Morgan fingerprint density at radius 1 is 1.04 bits per heavy atom. The number of rotatable bonds is 7. The molecule has 23 heavy (non-hydrogen) atoms. The van der Waals surface area contributed by atoms with Crippen molar-refractivity contribution in [1.29, 1.82) is 0 Å². The van der Waals surface area contributed by atoms with Gasteiger partial charge in [0.15, 0.2) is 0 Å². The minimum absolute atomic E-state index is 0.104. The number of nitrogens with one attached hydrogen (secondary N) is 1. The fourth-order valence-corrected chi connectivity index (χ4v) is 2.23. The summed E-state index contributed by atoms with van der Waals surface area (Å²) in [6.07, 6.45) is 0.345. The summed E-state index contributed by atoms with van der Waals surface area (Å²) in [6, 6.07) is 12.3. The van der Waals surface area contributed by atoms with Gasteiger partial charge in [-0.3, -0.25) is 20.2 Å². The average molecular weight is 317 g/mol. The standard InChI is InChI=1S/C15H15N3O5/c19-9-8-13(11-4-2-1-3-5-11)16-14-7-6-12(17(20)21)10-15(14)18(22)23/h1-7,10,13,16,19H,8-9H2/t13-/m0/s1. The Bertz CT molecular complexity index is 706. The lowest BCUT2D eigenvalue weighted by atomic mass is 10.0. The lowest BCUT2D eigenvalue weighted by molar-refractivity contribution is -0.393. The molecular formula is C15H15N3O5. The van der Waals surface area contributed by atoms with Gasteiger partial charge in [0.2, 0.25) is 0 Å². The molecule has 0 bridgehead atoms. The van der Waals surface area contributed by atoms with Gasteiger partial charge in [-0.2, -0.15) is 0 Å². The largest absolute Gasteiger partial charge is 0.396 e. The Hall–Kier alpha value is -3.00. The van der Waals surface area contributed by atoms with E-state index in [0.717, 1.165) is 11.6 Å². The number of benzene rings is 2. The van der Waals surface area contributed by atoms with Gasteiger partial charge >= 0.3 is 0 Å². The second-order valence-corrected chi connectivity index (χ2v) is 4.84. The van der Waals surface area contributed by atoms with Gasteiger partial charge in [-0.25, -0.2) is 0 Å². The Kier molecular flexibility index (Phi) is 5.21. The van der Waals surface area contributed by atoms with Crippen LogP contribution in [0.3, 0.4) is 0 Å². The summed E-state index contributed by atoms with van der Waals surface area (Å²) >= 11 is 0. The molecule has 0 spiro atoms. The summed E-state index contributed by atoms with van der Waals surface area (Å²) in [4.78, 5) is 20.6. The van der Waals surface area contributed by atoms with Crippen LogP contribution in [0.2, 0.25) is 0 Å². The maximum Gasteiger partial charge on any atom is 0.299 e. The van der Waals surface area contributed by atoms with E-state index in [1.165, 1.54) is 12.1 Å². The summed E-state index contributed by atoms with van der Waals surface area (Å²) < 4.78 is 0. The van der Waals surface area contributed by atoms with Gasteiger partial charge < -0.3 is 10.4 Å². The van der Waals surface area contributed by atoms with E-state index in [1.54, 1.807) is 0 Å². The van der Waals surface area contributed by atoms with Crippen LogP contribution in [0.15, 0.2) is 48.5 Å². The van der Waals surface area contributed by atoms with Crippen molar-refractivity contribution in [2.75, 3.05) is 11.9 Å². The number of hydrogen-bond donors (Lipinski definition) is 2. The molecule has 8 nitrogen and oxygen atoms in total. The van der Waals surface area contributed by atoms with Crippen molar-refractivity contribution >= 4 is 17.1 Å². The first-order chi connectivity index (χ1) is 11.0. The Morgan fingerprint density at radius 3 is 2.30 bits per heavy atom. The summed E-state index contributed by atoms with van der Waals surface area (Å²) in [5, 5.41) is 34.1.